The summed E-state index contributed by atoms with van der Waals surface area (Å²) in [6.07, 6.45) is 5.64. The summed E-state index contributed by atoms with van der Waals surface area (Å²) in [5, 5.41) is 3.15. The van der Waals surface area contributed by atoms with Crippen molar-refractivity contribution in [2.24, 2.45) is 0 Å². The molecule has 2 rings (SSSR count). The monoisotopic (exact) mass is 207 g/mol. The van der Waals surface area contributed by atoms with Crippen LogP contribution >= 0.6 is 11.3 Å². The molecule has 2 heterocycles. The molecule has 0 fully saturated rings. The second kappa shape index (κ2) is 4.39. The Balaban J connectivity index is 2.03. The molecule has 74 valence electrons. The van der Waals surface area contributed by atoms with E-state index < -0.39 is 0 Å². The predicted molar refractivity (Wildman–Crippen MR) is 58.4 cm³/mol. The quantitative estimate of drug-likeness (QED) is 0.827. The van der Waals surface area contributed by atoms with Gasteiger partial charge in [0.1, 0.15) is 0 Å². The van der Waals surface area contributed by atoms with Crippen LogP contribution in [0.4, 0.5) is 0 Å². The third-order valence-electron chi connectivity index (χ3n) is 1.97. The van der Waals surface area contributed by atoms with Crippen LogP contribution in [0.5, 0.6) is 0 Å². The number of rotatable bonds is 4. The fraction of sp³-hybridized carbons (Fsp3) is 0.300. The Hall–Kier alpha value is -1.13. The van der Waals surface area contributed by atoms with Gasteiger partial charge in [-0.2, -0.15) is 0 Å². The van der Waals surface area contributed by atoms with E-state index in [0.717, 1.165) is 13.1 Å². The molecule has 14 heavy (non-hydrogen) atoms. The third kappa shape index (κ3) is 2.21. The van der Waals surface area contributed by atoms with Crippen LogP contribution in [-0.2, 0) is 13.1 Å². The summed E-state index contributed by atoms with van der Waals surface area (Å²) in [6, 6.07) is 4.35. The van der Waals surface area contributed by atoms with Crippen molar-refractivity contribution >= 4 is 11.3 Å². The summed E-state index contributed by atoms with van der Waals surface area (Å²) in [4.78, 5) is 6.76. The second-order valence-corrected chi connectivity index (χ2v) is 4.39. The van der Waals surface area contributed by atoms with Crippen molar-refractivity contribution in [2.75, 3.05) is 7.05 Å². The number of hydrogen-bond donors (Lipinski definition) is 1. The SMILES string of the molecule is CNCc1ccc(Cn2ccnc2)s1. The molecule has 0 atom stereocenters. The number of imidazole rings is 1. The van der Waals surface area contributed by atoms with Gasteiger partial charge in [0.2, 0.25) is 0 Å². The summed E-state index contributed by atoms with van der Waals surface area (Å²) in [5.74, 6) is 0. The zero-order chi connectivity index (χ0) is 9.80. The van der Waals surface area contributed by atoms with Crippen LogP contribution in [0.3, 0.4) is 0 Å². The first kappa shape index (κ1) is 9.43. The van der Waals surface area contributed by atoms with Gasteiger partial charge in [0.25, 0.3) is 0 Å². The first-order valence-corrected chi connectivity index (χ1v) is 5.38. The van der Waals surface area contributed by atoms with E-state index in [4.69, 9.17) is 0 Å². The molecule has 0 aliphatic heterocycles. The third-order valence-corrected chi connectivity index (χ3v) is 3.04. The Kier molecular flexibility index (Phi) is 2.96. The highest BCUT2D eigenvalue weighted by Crippen LogP contribution is 2.17. The molecule has 0 aliphatic carbocycles. The largest absolute Gasteiger partial charge is 0.332 e. The molecule has 0 amide bonds. The summed E-state index contributed by atoms with van der Waals surface area (Å²) in [6.45, 7) is 1.88. The smallest absolute Gasteiger partial charge is 0.0949 e. The Morgan fingerprint density at radius 1 is 1.43 bits per heavy atom. The molecule has 0 aliphatic rings. The summed E-state index contributed by atoms with van der Waals surface area (Å²) in [5.41, 5.74) is 0. The average Bonchev–Trinajstić information content (AvgIpc) is 2.79. The van der Waals surface area contributed by atoms with Gasteiger partial charge in [-0.1, -0.05) is 0 Å². The highest BCUT2D eigenvalue weighted by atomic mass is 32.1. The molecule has 0 saturated carbocycles. The van der Waals surface area contributed by atoms with Crippen molar-refractivity contribution < 1.29 is 0 Å². The van der Waals surface area contributed by atoms with E-state index in [9.17, 15) is 0 Å². The molecular formula is C10H13N3S. The van der Waals surface area contributed by atoms with E-state index in [0.29, 0.717) is 0 Å². The topological polar surface area (TPSA) is 29.9 Å². The molecule has 2 aromatic heterocycles. The Morgan fingerprint density at radius 2 is 2.29 bits per heavy atom. The number of nitrogens with one attached hydrogen (secondary N) is 1. The van der Waals surface area contributed by atoms with Gasteiger partial charge in [-0.25, -0.2) is 4.98 Å². The van der Waals surface area contributed by atoms with Crippen molar-refractivity contribution in [2.45, 2.75) is 13.1 Å². The summed E-state index contributed by atoms with van der Waals surface area (Å²) in [7, 11) is 1.97. The number of nitrogens with zero attached hydrogens (tertiary/aromatic N) is 2. The van der Waals surface area contributed by atoms with Crippen molar-refractivity contribution in [3.8, 4) is 0 Å². The first-order valence-electron chi connectivity index (χ1n) is 4.56. The van der Waals surface area contributed by atoms with E-state index in [1.165, 1.54) is 9.75 Å². The maximum atomic E-state index is 4.02. The van der Waals surface area contributed by atoms with Gasteiger partial charge in [0.15, 0.2) is 0 Å². The number of hydrogen-bond acceptors (Lipinski definition) is 3. The van der Waals surface area contributed by atoms with Gasteiger partial charge >= 0.3 is 0 Å². The predicted octanol–water partition coefficient (Wildman–Crippen LogP) is 1.71. The Morgan fingerprint density at radius 3 is 3.00 bits per heavy atom. The molecule has 3 nitrogen and oxygen atoms in total. The van der Waals surface area contributed by atoms with Gasteiger partial charge in [-0.3, -0.25) is 0 Å². The van der Waals surface area contributed by atoms with Crippen molar-refractivity contribution in [1.29, 1.82) is 0 Å². The van der Waals surface area contributed by atoms with Gasteiger partial charge in [0, 0.05) is 28.7 Å². The van der Waals surface area contributed by atoms with Crippen LogP contribution in [0.2, 0.25) is 0 Å². The minimum Gasteiger partial charge on any atom is -0.332 e. The zero-order valence-electron chi connectivity index (χ0n) is 8.10. The van der Waals surface area contributed by atoms with Crippen molar-refractivity contribution in [3.05, 3.63) is 40.6 Å². The highest BCUT2D eigenvalue weighted by molar-refractivity contribution is 7.11. The second-order valence-electron chi connectivity index (χ2n) is 3.13. The van der Waals surface area contributed by atoms with Gasteiger partial charge in [0.05, 0.1) is 12.9 Å². The van der Waals surface area contributed by atoms with Crippen LogP contribution in [0, 0.1) is 0 Å². The molecule has 0 unspecified atom stereocenters. The molecule has 4 heteroatoms. The fourth-order valence-corrected chi connectivity index (χ4v) is 2.38. The van der Waals surface area contributed by atoms with Crippen LogP contribution in [-0.4, -0.2) is 16.6 Å². The van der Waals surface area contributed by atoms with E-state index in [-0.39, 0.29) is 0 Å². The minimum atomic E-state index is 0.925. The maximum Gasteiger partial charge on any atom is 0.0949 e. The molecule has 0 radical (unpaired) electrons. The van der Waals surface area contributed by atoms with Gasteiger partial charge in [-0.05, 0) is 19.2 Å². The van der Waals surface area contributed by atoms with E-state index >= 15 is 0 Å². The molecular weight excluding hydrogens is 194 g/mol. The minimum absolute atomic E-state index is 0.925. The maximum absolute atomic E-state index is 4.02. The Labute approximate surface area is 87.4 Å². The van der Waals surface area contributed by atoms with Gasteiger partial charge in [-0.15, -0.1) is 11.3 Å². The molecule has 1 N–H and O–H groups in total. The summed E-state index contributed by atoms with van der Waals surface area (Å²) >= 11 is 1.84. The number of aromatic nitrogens is 2. The highest BCUT2D eigenvalue weighted by Gasteiger charge is 1.99. The molecule has 0 spiro atoms. The molecule has 0 bridgehead atoms. The summed E-state index contributed by atoms with van der Waals surface area (Å²) < 4.78 is 2.08. The van der Waals surface area contributed by atoms with Crippen molar-refractivity contribution in [1.82, 2.24) is 14.9 Å². The Bertz CT molecular complexity index is 378. The lowest BCUT2D eigenvalue weighted by molar-refractivity contribution is 0.810. The van der Waals surface area contributed by atoms with Crippen LogP contribution in [0.15, 0.2) is 30.9 Å². The van der Waals surface area contributed by atoms with E-state index in [2.05, 4.69) is 27.0 Å². The van der Waals surface area contributed by atoms with E-state index in [1.807, 2.05) is 37.1 Å². The standard InChI is InChI=1S/C10H13N3S/c1-11-6-9-2-3-10(14-9)7-13-5-4-12-8-13/h2-5,8,11H,6-7H2,1H3. The lowest BCUT2D eigenvalue weighted by atomic mass is 10.4. The molecule has 0 saturated heterocycles. The molecule has 0 aromatic carbocycles. The average molecular weight is 207 g/mol. The zero-order valence-corrected chi connectivity index (χ0v) is 8.92. The normalized spacial score (nSPS) is 10.6. The lowest BCUT2D eigenvalue weighted by Crippen LogP contribution is -2.02. The molecule has 2 aromatic rings. The lowest BCUT2D eigenvalue weighted by Gasteiger charge is -1.97. The first-order chi connectivity index (χ1) is 6.88. The van der Waals surface area contributed by atoms with Crippen molar-refractivity contribution in [3.63, 3.8) is 0 Å². The fourth-order valence-electron chi connectivity index (χ4n) is 1.34. The van der Waals surface area contributed by atoms with Crippen LogP contribution < -0.4 is 5.32 Å². The van der Waals surface area contributed by atoms with Crippen LogP contribution in [0.25, 0.3) is 0 Å². The van der Waals surface area contributed by atoms with Gasteiger partial charge < -0.3 is 9.88 Å². The number of thiophene rings is 1. The van der Waals surface area contributed by atoms with E-state index in [1.54, 1.807) is 0 Å². The van der Waals surface area contributed by atoms with Crippen LogP contribution in [0.1, 0.15) is 9.75 Å².